The van der Waals surface area contributed by atoms with Crippen LogP contribution in [0.15, 0.2) is 24.3 Å². The minimum absolute atomic E-state index is 0.0386. The minimum Gasteiger partial charge on any atom is -0.348 e. The van der Waals surface area contributed by atoms with E-state index in [4.69, 9.17) is 0 Å². The number of rotatable bonds is 6. The molecule has 1 aliphatic heterocycles. The Kier molecular flexibility index (Phi) is 5.65. The molecule has 1 saturated heterocycles. The first-order valence-electron chi connectivity index (χ1n) is 9.05. The van der Waals surface area contributed by atoms with E-state index in [-0.39, 0.29) is 23.7 Å². The van der Waals surface area contributed by atoms with Gasteiger partial charge in [-0.15, -0.1) is 0 Å². The fraction of sp³-hybridized carbons (Fsp3) is 0.556. The number of halogens is 1. The number of anilines is 1. The number of hydrogen-bond acceptors (Lipinski definition) is 2. The first kappa shape index (κ1) is 17.8. The Morgan fingerprint density at radius 1 is 1.24 bits per heavy atom. The SMILES string of the molecule is C[C@H](C(=O)NC1CC1)[NH+]1CC[NH+](CC(=O)Nc2cccc(F)c2)CC1. The average Bonchev–Trinajstić information content (AvgIpc) is 3.38. The molecule has 0 radical (unpaired) electrons. The van der Waals surface area contributed by atoms with Crippen molar-refractivity contribution in [2.45, 2.75) is 31.8 Å². The molecule has 6 nitrogen and oxygen atoms in total. The molecular formula is C18H27FN4O2+2. The topological polar surface area (TPSA) is 67.1 Å². The molecule has 2 amide bonds. The highest BCUT2D eigenvalue weighted by molar-refractivity contribution is 5.91. The maximum Gasteiger partial charge on any atom is 0.279 e. The minimum atomic E-state index is -0.360. The van der Waals surface area contributed by atoms with Gasteiger partial charge in [-0.05, 0) is 38.0 Å². The third-order valence-corrected chi connectivity index (χ3v) is 5.05. The highest BCUT2D eigenvalue weighted by Crippen LogP contribution is 2.18. The fourth-order valence-corrected chi connectivity index (χ4v) is 3.27. The molecule has 0 bridgehead atoms. The number of piperazine rings is 1. The van der Waals surface area contributed by atoms with Gasteiger partial charge in [-0.25, -0.2) is 4.39 Å². The van der Waals surface area contributed by atoms with Gasteiger partial charge in [-0.2, -0.15) is 0 Å². The van der Waals surface area contributed by atoms with E-state index in [0.717, 1.165) is 39.0 Å². The van der Waals surface area contributed by atoms with Crippen molar-refractivity contribution in [3.05, 3.63) is 30.1 Å². The maximum atomic E-state index is 13.2. The van der Waals surface area contributed by atoms with Crippen molar-refractivity contribution in [2.75, 3.05) is 38.0 Å². The molecule has 136 valence electrons. The van der Waals surface area contributed by atoms with E-state index in [1.807, 2.05) is 6.92 Å². The summed E-state index contributed by atoms with van der Waals surface area (Å²) in [5.41, 5.74) is 0.485. The Morgan fingerprint density at radius 2 is 1.96 bits per heavy atom. The standard InChI is InChI=1S/C18H25FN4O2/c1-13(18(25)21-15-5-6-15)23-9-7-22(8-10-23)12-17(24)20-16-4-2-3-14(19)11-16/h2-4,11,13,15H,5-10,12H2,1H3,(H,20,24)(H,21,25)/p+2/t13-/m1/s1. The maximum absolute atomic E-state index is 13.2. The molecule has 1 aliphatic carbocycles. The van der Waals surface area contributed by atoms with Crippen molar-refractivity contribution < 1.29 is 23.8 Å². The highest BCUT2D eigenvalue weighted by Gasteiger charge is 2.34. The Bertz CT molecular complexity index is 627. The number of benzene rings is 1. The van der Waals surface area contributed by atoms with Gasteiger partial charge in [0.15, 0.2) is 12.6 Å². The predicted octanol–water partition coefficient (Wildman–Crippen LogP) is -1.79. The summed E-state index contributed by atoms with van der Waals surface area (Å²) >= 11 is 0. The molecule has 25 heavy (non-hydrogen) atoms. The zero-order chi connectivity index (χ0) is 17.8. The molecule has 0 spiro atoms. The quantitative estimate of drug-likeness (QED) is 0.490. The van der Waals surface area contributed by atoms with Crippen molar-refractivity contribution in [2.24, 2.45) is 0 Å². The van der Waals surface area contributed by atoms with Crippen LogP contribution in [0.25, 0.3) is 0 Å². The van der Waals surface area contributed by atoms with E-state index >= 15 is 0 Å². The molecule has 1 aromatic carbocycles. The van der Waals surface area contributed by atoms with Crippen LogP contribution in [0.4, 0.5) is 10.1 Å². The summed E-state index contributed by atoms with van der Waals surface area (Å²) in [4.78, 5) is 26.8. The van der Waals surface area contributed by atoms with Crippen molar-refractivity contribution in [3.63, 3.8) is 0 Å². The summed E-state index contributed by atoms with van der Waals surface area (Å²) < 4.78 is 13.2. The second kappa shape index (κ2) is 7.93. The van der Waals surface area contributed by atoms with Gasteiger partial charge in [0.05, 0.1) is 0 Å². The van der Waals surface area contributed by atoms with E-state index in [1.165, 1.54) is 21.9 Å². The predicted molar refractivity (Wildman–Crippen MR) is 91.9 cm³/mol. The van der Waals surface area contributed by atoms with Gasteiger partial charge in [0, 0.05) is 11.7 Å². The van der Waals surface area contributed by atoms with Crippen molar-refractivity contribution in [1.82, 2.24) is 5.32 Å². The van der Waals surface area contributed by atoms with Crippen LogP contribution >= 0.6 is 0 Å². The second-order valence-electron chi connectivity index (χ2n) is 7.15. The van der Waals surface area contributed by atoms with Crippen LogP contribution in [-0.4, -0.2) is 56.6 Å². The van der Waals surface area contributed by atoms with Gasteiger partial charge in [0.1, 0.15) is 32.0 Å². The molecule has 0 unspecified atom stereocenters. The molecule has 1 saturated carbocycles. The van der Waals surface area contributed by atoms with Crippen molar-refractivity contribution in [3.8, 4) is 0 Å². The highest BCUT2D eigenvalue weighted by atomic mass is 19.1. The van der Waals surface area contributed by atoms with Gasteiger partial charge < -0.3 is 20.4 Å². The molecule has 2 aliphatic rings. The lowest BCUT2D eigenvalue weighted by Gasteiger charge is -2.32. The van der Waals surface area contributed by atoms with Crippen LogP contribution in [0.2, 0.25) is 0 Å². The Morgan fingerprint density at radius 3 is 2.60 bits per heavy atom. The average molecular weight is 350 g/mol. The largest absolute Gasteiger partial charge is 0.348 e. The van der Waals surface area contributed by atoms with Crippen LogP contribution < -0.4 is 20.4 Å². The van der Waals surface area contributed by atoms with Crippen LogP contribution in [0.3, 0.4) is 0 Å². The number of carbonyl (C=O) groups excluding carboxylic acids is 2. The van der Waals surface area contributed by atoms with E-state index in [0.29, 0.717) is 18.3 Å². The lowest BCUT2D eigenvalue weighted by Crippen LogP contribution is -3.30. The summed E-state index contributed by atoms with van der Waals surface area (Å²) in [6.45, 7) is 5.81. The summed E-state index contributed by atoms with van der Waals surface area (Å²) in [6, 6.07) is 6.28. The van der Waals surface area contributed by atoms with E-state index < -0.39 is 0 Å². The molecule has 7 heteroatoms. The molecule has 1 atom stereocenters. The Balaban J connectivity index is 1.41. The van der Waals surface area contributed by atoms with E-state index in [2.05, 4.69) is 10.6 Å². The van der Waals surface area contributed by atoms with Crippen LogP contribution in [0, 0.1) is 5.82 Å². The van der Waals surface area contributed by atoms with Gasteiger partial charge in [-0.3, -0.25) is 9.59 Å². The molecule has 2 fully saturated rings. The van der Waals surface area contributed by atoms with Gasteiger partial charge in [-0.1, -0.05) is 6.07 Å². The summed E-state index contributed by atoms with van der Waals surface area (Å²) in [7, 11) is 0. The Hall–Kier alpha value is -1.99. The zero-order valence-corrected chi connectivity index (χ0v) is 14.6. The van der Waals surface area contributed by atoms with E-state index in [9.17, 15) is 14.0 Å². The smallest absolute Gasteiger partial charge is 0.279 e. The van der Waals surface area contributed by atoms with Gasteiger partial charge in [0.25, 0.3) is 11.8 Å². The molecule has 1 aromatic rings. The summed E-state index contributed by atoms with van der Waals surface area (Å²) in [6.07, 6.45) is 2.21. The number of hydrogen-bond donors (Lipinski definition) is 4. The van der Waals surface area contributed by atoms with Crippen molar-refractivity contribution in [1.29, 1.82) is 0 Å². The molecule has 1 heterocycles. The summed E-state index contributed by atoms with van der Waals surface area (Å²) in [5.74, 6) is -0.325. The normalized spacial score (nSPS) is 24.4. The second-order valence-corrected chi connectivity index (χ2v) is 7.15. The van der Waals surface area contributed by atoms with Crippen LogP contribution in [-0.2, 0) is 9.59 Å². The Labute approximate surface area is 147 Å². The third kappa shape index (κ3) is 5.24. The monoisotopic (exact) mass is 350 g/mol. The third-order valence-electron chi connectivity index (χ3n) is 5.05. The van der Waals surface area contributed by atoms with Gasteiger partial charge in [0.2, 0.25) is 0 Å². The molecule has 4 N–H and O–H groups in total. The fourth-order valence-electron chi connectivity index (χ4n) is 3.27. The molecule has 3 rings (SSSR count). The first-order valence-corrected chi connectivity index (χ1v) is 9.05. The van der Waals surface area contributed by atoms with Crippen LogP contribution in [0.1, 0.15) is 19.8 Å². The lowest BCUT2D eigenvalue weighted by molar-refractivity contribution is -1.01. The summed E-state index contributed by atoms with van der Waals surface area (Å²) in [5, 5.41) is 5.80. The molecular weight excluding hydrogens is 323 g/mol. The number of nitrogens with one attached hydrogen (secondary N) is 4. The van der Waals surface area contributed by atoms with Gasteiger partial charge >= 0.3 is 0 Å². The molecule has 0 aromatic heterocycles. The van der Waals surface area contributed by atoms with Crippen molar-refractivity contribution >= 4 is 17.5 Å². The van der Waals surface area contributed by atoms with Crippen LogP contribution in [0.5, 0.6) is 0 Å². The number of amides is 2. The number of carbonyl (C=O) groups is 2. The van der Waals surface area contributed by atoms with E-state index in [1.54, 1.807) is 12.1 Å². The lowest BCUT2D eigenvalue weighted by atomic mass is 10.2. The number of quaternary nitrogens is 2. The zero-order valence-electron chi connectivity index (χ0n) is 14.6. The first-order chi connectivity index (χ1) is 12.0.